The van der Waals surface area contributed by atoms with E-state index in [9.17, 15) is 14.6 Å². The van der Waals surface area contributed by atoms with E-state index in [1.165, 1.54) is 17.8 Å². The van der Waals surface area contributed by atoms with Crippen LogP contribution in [0.25, 0.3) is 11.2 Å². The predicted molar refractivity (Wildman–Crippen MR) is 81.7 cm³/mol. The molecule has 0 aromatic carbocycles. The van der Waals surface area contributed by atoms with Crippen LogP contribution in [-0.2, 0) is 4.74 Å². The van der Waals surface area contributed by atoms with Crippen LogP contribution < -0.4 is 10.5 Å². The van der Waals surface area contributed by atoms with Crippen molar-refractivity contribution >= 4 is 17.1 Å². The highest BCUT2D eigenvalue weighted by molar-refractivity contribution is 5.77. The second kappa shape index (κ2) is 5.65. The number of hydrogen-bond donors (Lipinski definition) is 3. The van der Waals surface area contributed by atoms with Gasteiger partial charge in [-0.25, -0.2) is 9.37 Å². The third-order valence-electron chi connectivity index (χ3n) is 3.80. The Morgan fingerprint density at radius 3 is 2.88 bits per heavy atom. The van der Waals surface area contributed by atoms with E-state index in [2.05, 4.69) is 21.5 Å². The van der Waals surface area contributed by atoms with E-state index in [1.807, 2.05) is 0 Å². The van der Waals surface area contributed by atoms with Gasteiger partial charge in [0.2, 0.25) is 5.95 Å². The summed E-state index contributed by atoms with van der Waals surface area (Å²) in [5, 5.41) is 19.7. The Kier molecular flexibility index (Phi) is 3.90. The van der Waals surface area contributed by atoms with Gasteiger partial charge < -0.3 is 25.4 Å². The number of nitrogens with zero attached hydrogens (tertiary/aromatic N) is 4. The molecule has 0 amide bonds. The molecule has 0 unspecified atom stereocenters. The third kappa shape index (κ3) is 2.48. The number of aliphatic hydroxyl groups excluding tert-OH is 1. The van der Waals surface area contributed by atoms with Crippen molar-refractivity contribution in [2.75, 3.05) is 12.3 Å². The van der Waals surface area contributed by atoms with Gasteiger partial charge in [0.05, 0.1) is 18.7 Å². The number of alkyl halides is 1. The van der Waals surface area contributed by atoms with Gasteiger partial charge in [0, 0.05) is 0 Å². The SMILES string of the molecule is C=C(C)Oc1nc(N)nc2c1ncn2[C@@H]1O[C@H](CO)[C@@H](F)[C@@]1(C)O. The summed E-state index contributed by atoms with van der Waals surface area (Å²) in [7, 11) is 0. The molecule has 3 rings (SSSR count). The number of halogens is 1. The maximum atomic E-state index is 14.3. The smallest absolute Gasteiger partial charge is 0.252 e. The topological polar surface area (TPSA) is 129 Å². The van der Waals surface area contributed by atoms with Crippen LogP contribution in [0.5, 0.6) is 5.88 Å². The van der Waals surface area contributed by atoms with Gasteiger partial charge in [-0.1, -0.05) is 6.58 Å². The highest BCUT2D eigenvalue weighted by Gasteiger charge is 2.54. The number of anilines is 1. The van der Waals surface area contributed by atoms with E-state index in [0.29, 0.717) is 5.76 Å². The summed E-state index contributed by atoms with van der Waals surface area (Å²) >= 11 is 0. The number of allylic oxidation sites excluding steroid dienone is 1. The van der Waals surface area contributed by atoms with E-state index in [0.717, 1.165) is 0 Å². The van der Waals surface area contributed by atoms with Gasteiger partial charge in [-0.3, -0.25) is 4.57 Å². The fraction of sp³-hybridized carbons (Fsp3) is 0.500. The van der Waals surface area contributed by atoms with E-state index >= 15 is 0 Å². The molecule has 24 heavy (non-hydrogen) atoms. The first-order valence-electron chi connectivity index (χ1n) is 7.22. The second-order valence-corrected chi connectivity index (χ2v) is 5.85. The van der Waals surface area contributed by atoms with Gasteiger partial charge in [-0.15, -0.1) is 0 Å². The minimum absolute atomic E-state index is 0.0892. The van der Waals surface area contributed by atoms with Crippen molar-refractivity contribution in [2.24, 2.45) is 0 Å². The van der Waals surface area contributed by atoms with Crippen LogP contribution in [0, 0.1) is 0 Å². The lowest BCUT2D eigenvalue weighted by molar-refractivity contribution is -0.0892. The fourth-order valence-corrected chi connectivity index (χ4v) is 2.68. The van der Waals surface area contributed by atoms with Crippen molar-refractivity contribution in [1.29, 1.82) is 0 Å². The zero-order valence-corrected chi connectivity index (χ0v) is 13.2. The molecule has 2 aromatic rings. The number of nitrogens with two attached hydrogens (primary N) is 1. The number of fused-ring (bicyclic) bond motifs is 1. The summed E-state index contributed by atoms with van der Waals surface area (Å²) in [5.74, 6) is 0.378. The molecule has 2 aromatic heterocycles. The summed E-state index contributed by atoms with van der Waals surface area (Å²) in [5.41, 5.74) is 4.25. The number of rotatable bonds is 4. The van der Waals surface area contributed by atoms with Crippen molar-refractivity contribution in [2.45, 2.75) is 38.0 Å². The molecule has 4 N–H and O–H groups in total. The van der Waals surface area contributed by atoms with Crippen LogP contribution in [-0.4, -0.2) is 54.2 Å². The molecule has 0 saturated carbocycles. The van der Waals surface area contributed by atoms with Crippen molar-refractivity contribution in [3.8, 4) is 5.88 Å². The molecular weight excluding hydrogens is 321 g/mol. The largest absolute Gasteiger partial charge is 0.442 e. The molecule has 10 heteroatoms. The first-order chi connectivity index (χ1) is 11.3. The van der Waals surface area contributed by atoms with E-state index in [1.54, 1.807) is 6.92 Å². The molecule has 1 fully saturated rings. The molecule has 9 nitrogen and oxygen atoms in total. The summed E-state index contributed by atoms with van der Waals surface area (Å²) in [6, 6.07) is 0. The number of aliphatic hydroxyl groups is 2. The first kappa shape index (κ1) is 16.6. The van der Waals surface area contributed by atoms with Gasteiger partial charge in [-0.2, -0.15) is 9.97 Å². The highest BCUT2D eigenvalue weighted by atomic mass is 19.1. The van der Waals surface area contributed by atoms with E-state index in [4.69, 9.17) is 15.2 Å². The molecule has 0 spiro atoms. The molecule has 0 aliphatic carbocycles. The lowest BCUT2D eigenvalue weighted by Crippen LogP contribution is -2.41. The van der Waals surface area contributed by atoms with E-state index in [-0.39, 0.29) is 23.0 Å². The predicted octanol–water partition coefficient (Wildman–Crippen LogP) is 0.300. The minimum atomic E-state index is -1.89. The lowest BCUT2D eigenvalue weighted by atomic mass is 9.98. The number of ether oxygens (including phenoxy) is 2. The number of imidazole rings is 1. The number of aromatic nitrogens is 4. The summed E-state index contributed by atoms with van der Waals surface area (Å²) in [6.45, 7) is 5.97. The van der Waals surface area contributed by atoms with E-state index < -0.39 is 30.7 Å². The minimum Gasteiger partial charge on any atom is -0.442 e. The normalized spacial score (nSPS) is 30.0. The molecular formula is C14H18FN5O4. The Morgan fingerprint density at radius 1 is 1.58 bits per heavy atom. The average molecular weight is 339 g/mol. The van der Waals surface area contributed by atoms with Crippen molar-refractivity contribution in [3.05, 3.63) is 18.7 Å². The Hall–Kier alpha value is -2.30. The molecule has 130 valence electrons. The molecule has 1 aliphatic rings. The van der Waals surface area contributed by atoms with Crippen LogP contribution in [0.1, 0.15) is 20.1 Å². The van der Waals surface area contributed by atoms with Crippen LogP contribution >= 0.6 is 0 Å². The maximum Gasteiger partial charge on any atom is 0.252 e. The molecule has 4 atom stereocenters. The standard InChI is InChI=1S/C14H18FN5O4/c1-6(2)23-11-8-10(18-13(16)19-11)20(5-17-8)12-14(3,22)9(15)7(4-21)24-12/h5,7,9,12,21-22H,1,4H2,2-3H3,(H2,16,18,19)/t7-,9-,12-,14-/m1/s1. The molecule has 1 saturated heterocycles. The van der Waals surface area contributed by atoms with Gasteiger partial charge in [0.15, 0.2) is 23.6 Å². The summed E-state index contributed by atoms with van der Waals surface area (Å²) < 4.78 is 26.4. The van der Waals surface area contributed by atoms with Crippen LogP contribution in [0.15, 0.2) is 18.7 Å². The van der Waals surface area contributed by atoms with Gasteiger partial charge >= 0.3 is 0 Å². The Morgan fingerprint density at radius 2 is 2.29 bits per heavy atom. The first-order valence-corrected chi connectivity index (χ1v) is 7.22. The fourth-order valence-electron chi connectivity index (χ4n) is 2.68. The second-order valence-electron chi connectivity index (χ2n) is 5.85. The van der Waals surface area contributed by atoms with Crippen LogP contribution in [0.4, 0.5) is 10.3 Å². The van der Waals surface area contributed by atoms with Crippen molar-refractivity contribution in [1.82, 2.24) is 19.5 Å². The highest BCUT2D eigenvalue weighted by Crippen LogP contribution is 2.41. The van der Waals surface area contributed by atoms with Gasteiger partial charge in [0.25, 0.3) is 5.88 Å². The quantitative estimate of drug-likeness (QED) is 0.678. The van der Waals surface area contributed by atoms with Crippen LogP contribution in [0.3, 0.4) is 0 Å². The Balaban J connectivity index is 2.11. The molecule has 3 heterocycles. The third-order valence-corrected chi connectivity index (χ3v) is 3.80. The maximum absolute atomic E-state index is 14.3. The van der Waals surface area contributed by atoms with Gasteiger partial charge in [0.1, 0.15) is 11.7 Å². The lowest BCUT2D eigenvalue weighted by Gasteiger charge is -2.26. The number of nitrogen functional groups attached to an aromatic ring is 1. The molecule has 0 bridgehead atoms. The Labute approximate surface area is 136 Å². The Bertz CT molecular complexity index is 793. The zero-order chi connectivity index (χ0) is 17.6. The monoisotopic (exact) mass is 339 g/mol. The van der Waals surface area contributed by atoms with Crippen molar-refractivity contribution in [3.63, 3.8) is 0 Å². The molecule has 0 radical (unpaired) electrons. The summed E-state index contributed by atoms with van der Waals surface area (Å²) in [4.78, 5) is 12.2. The van der Waals surface area contributed by atoms with Crippen LogP contribution in [0.2, 0.25) is 0 Å². The zero-order valence-electron chi connectivity index (χ0n) is 13.2. The average Bonchev–Trinajstić information content (AvgIpc) is 2.99. The number of hydrogen-bond acceptors (Lipinski definition) is 8. The molecule has 1 aliphatic heterocycles. The van der Waals surface area contributed by atoms with Crippen molar-refractivity contribution < 1.29 is 24.1 Å². The summed E-state index contributed by atoms with van der Waals surface area (Å²) in [6.07, 6.45) is -2.78. The van der Waals surface area contributed by atoms with Gasteiger partial charge in [-0.05, 0) is 13.8 Å².